The van der Waals surface area contributed by atoms with Crippen molar-refractivity contribution in [3.8, 4) is 11.8 Å². The average molecular weight is 374 g/mol. The molecule has 4 N–H and O–H groups in total. The Morgan fingerprint density at radius 1 is 1.16 bits per heavy atom. The van der Waals surface area contributed by atoms with Gasteiger partial charge in [-0.2, -0.15) is 5.26 Å². The van der Waals surface area contributed by atoms with Crippen LogP contribution in [0.4, 0.5) is 5.69 Å². The van der Waals surface area contributed by atoms with E-state index in [4.69, 9.17) is 38.9 Å². The zero-order chi connectivity index (χ0) is 17.9. The Bertz CT molecular complexity index is 869. The summed E-state index contributed by atoms with van der Waals surface area (Å²) in [4.78, 5) is 4.18. The van der Waals surface area contributed by atoms with Crippen LogP contribution in [0, 0.1) is 11.3 Å². The van der Waals surface area contributed by atoms with Crippen molar-refractivity contribution in [2.24, 2.45) is 10.7 Å². The van der Waals surface area contributed by atoms with Gasteiger partial charge in [0.2, 0.25) is 5.79 Å². The Balaban J connectivity index is 1.81. The van der Waals surface area contributed by atoms with Gasteiger partial charge in [0.1, 0.15) is 0 Å². The lowest BCUT2D eigenvalue weighted by molar-refractivity contribution is 0.388. The highest BCUT2D eigenvalue weighted by Crippen LogP contribution is 2.33. The standard InChI is InChI=1S/C17H13Cl2N5O/c18-13-2-1-3-14(19)16(13)25-15-8-17(21,23-10-22-15)24-12-6-4-11(9-20)5-7-12/h1-8,10,24H,21H2,(H,22,23). The first-order valence-electron chi connectivity index (χ1n) is 7.21. The van der Waals surface area contributed by atoms with E-state index in [0.717, 1.165) is 0 Å². The molecule has 0 aromatic heterocycles. The van der Waals surface area contributed by atoms with Crippen LogP contribution < -0.4 is 21.1 Å². The van der Waals surface area contributed by atoms with Crippen LogP contribution in [0.5, 0.6) is 5.75 Å². The second-order valence-corrected chi connectivity index (χ2v) is 6.02. The molecular weight excluding hydrogens is 361 g/mol. The number of aliphatic imine (C=N–C) groups is 1. The summed E-state index contributed by atoms with van der Waals surface area (Å²) in [5, 5.41) is 15.5. The fourth-order valence-corrected chi connectivity index (χ4v) is 2.63. The smallest absolute Gasteiger partial charge is 0.209 e. The number of hydrogen-bond acceptors (Lipinski definition) is 6. The molecule has 0 aliphatic carbocycles. The van der Waals surface area contributed by atoms with Gasteiger partial charge in [0.25, 0.3) is 0 Å². The molecule has 1 atom stereocenters. The van der Waals surface area contributed by atoms with Crippen molar-refractivity contribution in [2.75, 3.05) is 5.32 Å². The SMILES string of the molecule is N#Cc1ccc(NC2(N)C=C(Oc3c(Cl)cccc3Cl)NC=N2)cc1. The van der Waals surface area contributed by atoms with E-state index >= 15 is 0 Å². The van der Waals surface area contributed by atoms with Gasteiger partial charge in [0, 0.05) is 11.8 Å². The highest BCUT2D eigenvalue weighted by Gasteiger charge is 2.25. The number of nitrogens with zero attached hydrogens (tertiary/aromatic N) is 2. The first-order valence-corrected chi connectivity index (χ1v) is 7.97. The fraction of sp³-hybridized carbons (Fsp3) is 0.0588. The Kier molecular flexibility index (Phi) is 4.81. The molecule has 2 aromatic rings. The number of halogens is 2. The van der Waals surface area contributed by atoms with E-state index < -0.39 is 5.79 Å². The summed E-state index contributed by atoms with van der Waals surface area (Å²) in [5.41, 5.74) is 7.50. The number of nitriles is 1. The van der Waals surface area contributed by atoms with Crippen LogP contribution in [0.2, 0.25) is 10.0 Å². The van der Waals surface area contributed by atoms with Crippen LogP contribution in [0.3, 0.4) is 0 Å². The number of anilines is 1. The van der Waals surface area contributed by atoms with E-state index in [0.29, 0.717) is 32.9 Å². The van der Waals surface area contributed by atoms with E-state index in [1.54, 1.807) is 48.5 Å². The molecule has 1 aliphatic rings. The normalized spacial score (nSPS) is 18.7. The highest BCUT2D eigenvalue weighted by molar-refractivity contribution is 6.37. The lowest BCUT2D eigenvalue weighted by atomic mass is 10.2. The monoisotopic (exact) mass is 373 g/mol. The maximum atomic E-state index is 8.85. The molecule has 0 bridgehead atoms. The number of nitrogens with two attached hydrogens (primary N) is 1. The van der Waals surface area contributed by atoms with E-state index in [2.05, 4.69) is 21.7 Å². The molecular formula is C17H13Cl2N5O. The summed E-state index contributed by atoms with van der Waals surface area (Å²) in [6.07, 6.45) is 2.97. The molecule has 0 radical (unpaired) electrons. The van der Waals surface area contributed by atoms with Gasteiger partial charge in [0.15, 0.2) is 11.6 Å². The number of rotatable bonds is 4. The van der Waals surface area contributed by atoms with Crippen molar-refractivity contribution in [2.45, 2.75) is 5.79 Å². The molecule has 0 spiro atoms. The van der Waals surface area contributed by atoms with Gasteiger partial charge in [-0.05, 0) is 36.4 Å². The predicted octanol–water partition coefficient (Wildman–Crippen LogP) is 3.44. The zero-order valence-electron chi connectivity index (χ0n) is 12.8. The molecule has 3 rings (SSSR count). The van der Waals surface area contributed by atoms with Crippen molar-refractivity contribution in [3.05, 3.63) is 70.0 Å². The van der Waals surface area contributed by atoms with Crippen molar-refractivity contribution in [1.82, 2.24) is 5.32 Å². The second kappa shape index (κ2) is 7.03. The summed E-state index contributed by atoms with van der Waals surface area (Å²) in [6, 6.07) is 14.0. The molecule has 0 amide bonds. The molecule has 2 aromatic carbocycles. The van der Waals surface area contributed by atoms with Crippen LogP contribution in [0.1, 0.15) is 5.56 Å². The first-order chi connectivity index (χ1) is 12.0. The topological polar surface area (TPSA) is 95.5 Å². The molecule has 6 nitrogen and oxygen atoms in total. The van der Waals surface area contributed by atoms with Crippen molar-refractivity contribution in [1.29, 1.82) is 5.26 Å². The summed E-state index contributed by atoms with van der Waals surface area (Å²) < 4.78 is 5.72. The van der Waals surface area contributed by atoms with Gasteiger partial charge in [-0.1, -0.05) is 29.3 Å². The van der Waals surface area contributed by atoms with Gasteiger partial charge in [-0.25, -0.2) is 4.99 Å². The van der Waals surface area contributed by atoms with Gasteiger partial charge >= 0.3 is 0 Å². The van der Waals surface area contributed by atoms with Gasteiger partial charge in [-0.15, -0.1) is 0 Å². The minimum atomic E-state index is -1.23. The van der Waals surface area contributed by atoms with Crippen LogP contribution >= 0.6 is 23.2 Å². The molecule has 1 aliphatic heterocycles. The molecule has 0 fully saturated rings. The quantitative estimate of drug-likeness (QED) is 0.713. The van der Waals surface area contributed by atoms with Crippen LogP contribution in [0.15, 0.2) is 59.4 Å². The average Bonchev–Trinajstić information content (AvgIpc) is 2.59. The molecule has 25 heavy (non-hydrogen) atoms. The summed E-state index contributed by atoms with van der Waals surface area (Å²) in [5.74, 6) is -0.586. The summed E-state index contributed by atoms with van der Waals surface area (Å²) in [7, 11) is 0. The largest absolute Gasteiger partial charge is 0.438 e. The lowest BCUT2D eigenvalue weighted by Crippen LogP contribution is -2.48. The Hall–Kier alpha value is -2.72. The molecule has 8 heteroatoms. The van der Waals surface area contributed by atoms with Crippen LogP contribution in [-0.4, -0.2) is 12.1 Å². The molecule has 0 saturated heterocycles. The first kappa shape index (κ1) is 17.1. The van der Waals surface area contributed by atoms with Gasteiger partial charge in [0.05, 0.1) is 28.0 Å². The fourth-order valence-electron chi connectivity index (χ4n) is 2.16. The maximum Gasteiger partial charge on any atom is 0.209 e. The second-order valence-electron chi connectivity index (χ2n) is 5.20. The number of nitrogens with one attached hydrogen (secondary N) is 2. The maximum absolute atomic E-state index is 8.85. The van der Waals surface area contributed by atoms with Gasteiger partial charge in [-0.3, -0.25) is 5.73 Å². The van der Waals surface area contributed by atoms with Crippen molar-refractivity contribution >= 4 is 35.2 Å². The van der Waals surface area contributed by atoms with Crippen molar-refractivity contribution < 1.29 is 4.74 Å². The summed E-state index contributed by atoms with van der Waals surface area (Å²) in [6.45, 7) is 0. The Morgan fingerprint density at radius 2 is 1.84 bits per heavy atom. The van der Waals surface area contributed by atoms with Crippen LogP contribution in [0.25, 0.3) is 0 Å². The van der Waals surface area contributed by atoms with Gasteiger partial charge < -0.3 is 15.4 Å². The summed E-state index contributed by atoms with van der Waals surface area (Å²) >= 11 is 12.2. The minimum Gasteiger partial charge on any atom is -0.438 e. The minimum absolute atomic E-state index is 0.320. The molecule has 0 saturated carbocycles. The lowest BCUT2D eigenvalue weighted by Gasteiger charge is -2.28. The van der Waals surface area contributed by atoms with E-state index in [9.17, 15) is 0 Å². The highest BCUT2D eigenvalue weighted by atomic mass is 35.5. The van der Waals surface area contributed by atoms with E-state index in [1.165, 1.54) is 6.34 Å². The van der Waals surface area contributed by atoms with E-state index in [1.807, 2.05) is 0 Å². The number of hydrogen-bond donors (Lipinski definition) is 3. The van der Waals surface area contributed by atoms with E-state index in [-0.39, 0.29) is 0 Å². The number of para-hydroxylation sites is 1. The third-order valence-corrected chi connectivity index (χ3v) is 3.92. The van der Waals surface area contributed by atoms with Crippen LogP contribution in [-0.2, 0) is 0 Å². The molecule has 126 valence electrons. The third kappa shape index (κ3) is 4.03. The number of ether oxygens (including phenoxy) is 1. The molecule has 1 heterocycles. The Morgan fingerprint density at radius 3 is 2.48 bits per heavy atom. The predicted molar refractivity (Wildman–Crippen MR) is 98.5 cm³/mol. The van der Waals surface area contributed by atoms with Crippen molar-refractivity contribution in [3.63, 3.8) is 0 Å². The third-order valence-electron chi connectivity index (χ3n) is 3.33. The molecule has 1 unspecified atom stereocenters. The Labute approximate surface area is 154 Å². The number of benzene rings is 2. The zero-order valence-corrected chi connectivity index (χ0v) is 14.3.